The maximum absolute atomic E-state index is 13.6. The predicted octanol–water partition coefficient (Wildman–Crippen LogP) is 3.03. The lowest BCUT2D eigenvalue weighted by molar-refractivity contribution is -0.123. The van der Waals surface area contributed by atoms with E-state index in [0.29, 0.717) is 17.7 Å². The largest absolute Gasteiger partial charge is 0.449 e. The fourth-order valence-electron chi connectivity index (χ4n) is 3.43. The molecule has 2 aromatic rings. The van der Waals surface area contributed by atoms with E-state index in [-0.39, 0.29) is 17.3 Å². The first kappa shape index (κ1) is 21.8. The first-order valence-corrected chi connectivity index (χ1v) is 11.2. The number of amides is 1. The lowest BCUT2D eigenvalue weighted by Crippen LogP contribution is -2.34. The van der Waals surface area contributed by atoms with Crippen molar-refractivity contribution in [2.45, 2.75) is 39.3 Å². The molecule has 0 aliphatic carbocycles. The smallest absolute Gasteiger partial charge is 0.338 e. The highest BCUT2D eigenvalue weighted by atomic mass is 32.2. The van der Waals surface area contributed by atoms with Crippen molar-refractivity contribution in [2.75, 3.05) is 15.9 Å². The van der Waals surface area contributed by atoms with Crippen LogP contribution in [0.3, 0.4) is 0 Å². The topological polar surface area (TPSA) is 92.8 Å². The van der Waals surface area contributed by atoms with E-state index < -0.39 is 33.8 Å². The molecule has 3 rings (SSSR count). The van der Waals surface area contributed by atoms with E-state index in [2.05, 4.69) is 5.32 Å². The van der Waals surface area contributed by atoms with Gasteiger partial charge in [0.25, 0.3) is 5.91 Å². The summed E-state index contributed by atoms with van der Waals surface area (Å²) in [6.45, 7) is 4.82. The molecule has 0 spiro atoms. The zero-order chi connectivity index (χ0) is 22.2. The highest BCUT2D eigenvalue weighted by Gasteiger charge is 2.33. The number of rotatable bonds is 5. The third-order valence-electron chi connectivity index (χ3n) is 4.92. The van der Waals surface area contributed by atoms with Gasteiger partial charge in [-0.2, -0.15) is 0 Å². The van der Waals surface area contributed by atoms with Crippen LogP contribution in [0.2, 0.25) is 0 Å². The molecule has 0 fully saturated rings. The lowest BCUT2D eigenvalue weighted by atomic mass is 10.1. The fourth-order valence-corrected chi connectivity index (χ4v) is 4.70. The van der Waals surface area contributed by atoms with Crippen LogP contribution in [0.15, 0.2) is 36.4 Å². The number of hydrogen-bond donors (Lipinski definition) is 1. The molecule has 0 saturated carbocycles. The van der Waals surface area contributed by atoms with Gasteiger partial charge in [0, 0.05) is 11.7 Å². The van der Waals surface area contributed by atoms with Gasteiger partial charge in [0.15, 0.2) is 6.10 Å². The highest BCUT2D eigenvalue weighted by molar-refractivity contribution is 7.92. The van der Waals surface area contributed by atoms with Crippen LogP contribution in [0.25, 0.3) is 0 Å². The van der Waals surface area contributed by atoms with E-state index >= 15 is 0 Å². The minimum atomic E-state index is -3.43. The summed E-state index contributed by atoms with van der Waals surface area (Å²) < 4.78 is 44.2. The standard InChI is InChI=1S/C21H23FN2O5S/c1-12-5-7-17(11-18(12)22)23-20(25)14(3)29-21(26)15-6-8-19-16(10-15)9-13(2)24(19)30(4,27)28/h5-8,10-11,13-14H,9H2,1-4H3,(H,23,25). The molecule has 0 radical (unpaired) electrons. The van der Waals surface area contributed by atoms with E-state index in [1.807, 2.05) is 0 Å². The number of carbonyl (C=O) groups excluding carboxylic acids is 2. The van der Waals surface area contributed by atoms with Crippen LogP contribution < -0.4 is 9.62 Å². The second-order valence-electron chi connectivity index (χ2n) is 7.46. The lowest BCUT2D eigenvalue weighted by Gasteiger charge is -2.22. The summed E-state index contributed by atoms with van der Waals surface area (Å²) in [5, 5.41) is 2.51. The van der Waals surface area contributed by atoms with Gasteiger partial charge in [0.05, 0.1) is 17.5 Å². The van der Waals surface area contributed by atoms with Crippen molar-refractivity contribution >= 4 is 33.3 Å². The van der Waals surface area contributed by atoms with Gasteiger partial charge in [-0.25, -0.2) is 17.6 Å². The molecular formula is C21H23FN2O5S. The van der Waals surface area contributed by atoms with Gasteiger partial charge in [-0.3, -0.25) is 9.10 Å². The third kappa shape index (κ3) is 4.46. The number of nitrogens with one attached hydrogen (secondary N) is 1. The number of esters is 1. The van der Waals surface area contributed by atoms with Crippen molar-refractivity contribution in [3.63, 3.8) is 0 Å². The molecule has 1 aliphatic rings. The normalized spacial score (nSPS) is 16.7. The third-order valence-corrected chi connectivity index (χ3v) is 6.19. The van der Waals surface area contributed by atoms with E-state index in [9.17, 15) is 22.4 Å². The SMILES string of the molecule is Cc1ccc(NC(=O)C(C)OC(=O)c2ccc3c(c2)CC(C)N3S(C)(=O)=O)cc1F. The molecule has 30 heavy (non-hydrogen) atoms. The van der Waals surface area contributed by atoms with E-state index in [4.69, 9.17) is 4.74 Å². The van der Waals surface area contributed by atoms with Crippen LogP contribution in [-0.2, 0) is 26.0 Å². The van der Waals surface area contributed by atoms with Gasteiger partial charge in [0.2, 0.25) is 10.0 Å². The minimum absolute atomic E-state index is 0.220. The number of hydrogen-bond acceptors (Lipinski definition) is 5. The Morgan fingerprint density at radius 2 is 1.93 bits per heavy atom. The average molecular weight is 434 g/mol. The van der Waals surface area contributed by atoms with Crippen LogP contribution in [0.4, 0.5) is 15.8 Å². The Hall–Kier alpha value is -2.94. The average Bonchev–Trinajstić information content (AvgIpc) is 2.99. The second-order valence-corrected chi connectivity index (χ2v) is 9.32. The molecule has 1 aliphatic heterocycles. The van der Waals surface area contributed by atoms with Crippen LogP contribution in [0, 0.1) is 12.7 Å². The summed E-state index contributed by atoms with van der Waals surface area (Å²) in [6, 6.07) is 8.65. The number of ether oxygens (including phenoxy) is 1. The monoisotopic (exact) mass is 434 g/mol. The quantitative estimate of drug-likeness (QED) is 0.731. The van der Waals surface area contributed by atoms with Gasteiger partial charge in [-0.15, -0.1) is 0 Å². The fraction of sp³-hybridized carbons (Fsp3) is 0.333. The van der Waals surface area contributed by atoms with Crippen LogP contribution in [-0.4, -0.2) is 38.7 Å². The Bertz CT molecular complexity index is 1120. The van der Waals surface area contributed by atoms with Crippen molar-refractivity contribution in [2.24, 2.45) is 0 Å². The number of nitrogens with zero attached hydrogens (tertiary/aromatic N) is 1. The number of carbonyl (C=O) groups is 2. The van der Waals surface area contributed by atoms with E-state index in [1.165, 1.54) is 29.4 Å². The summed E-state index contributed by atoms with van der Waals surface area (Å²) in [5.74, 6) is -1.75. The Balaban J connectivity index is 1.69. The van der Waals surface area contributed by atoms with Gasteiger partial charge in [-0.05, 0) is 68.7 Å². The molecule has 160 valence electrons. The summed E-state index contributed by atoms with van der Waals surface area (Å²) in [6.07, 6.45) is 0.501. The van der Waals surface area contributed by atoms with Gasteiger partial charge >= 0.3 is 5.97 Å². The summed E-state index contributed by atoms with van der Waals surface area (Å²) in [5.41, 5.74) is 2.19. The maximum Gasteiger partial charge on any atom is 0.338 e. The number of sulfonamides is 1. The van der Waals surface area contributed by atoms with Crippen molar-refractivity contribution in [1.29, 1.82) is 0 Å². The molecule has 1 N–H and O–H groups in total. The first-order valence-electron chi connectivity index (χ1n) is 9.37. The highest BCUT2D eigenvalue weighted by Crippen LogP contribution is 2.34. The number of halogens is 1. The summed E-state index contributed by atoms with van der Waals surface area (Å²) >= 11 is 0. The van der Waals surface area contributed by atoms with Crippen LogP contribution in [0.5, 0.6) is 0 Å². The molecule has 2 atom stereocenters. The summed E-state index contributed by atoms with van der Waals surface area (Å²) in [7, 11) is -3.43. The molecular weight excluding hydrogens is 411 g/mol. The van der Waals surface area contributed by atoms with Crippen LogP contribution >= 0.6 is 0 Å². The zero-order valence-corrected chi connectivity index (χ0v) is 17.9. The minimum Gasteiger partial charge on any atom is -0.449 e. The van der Waals surface area contributed by atoms with Crippen molar-refractivity contribution in [3.05, 3.63) is 58.9 Å². The molecule has 0 saturated heterocycles. The molecule has 1 amide bonds. The van der Waals surface area contributed by atoms with Gasteiger partial charge in [-0.1, -0.05) is 6.07 Å². The molecule has 9 heteroatoms. The number of anilines is 2. The van der Waals surface area contributed by atoms with Crippen molar-refractivity contribution in [3.8, 4) is 0 Å². The Labute approximate surface area is 174 Å². The molecule has 2 aromatic carbocycles. The van der Waals surface area contributed by atoms with Gasteiger partial charge in [0.1, 0.15) is 5.82 Å². The van der Waals surface area contributed by atoms with E-state index in [0.717, 1.165) is 11.8 Å². The van der Waals surface area contributed by atoms with E-state index in [1.54, 1.807) is 32.0 Å². The zero-order valence-electron chi connectivity index (χ0n) is 17.1. The second kappa shape index (κ2) is 8.06. The van der Waals surface area contributed by atoms with Crippen molar-refractivity contribution < 1.29 is 27.1 Å². The maximum atomic E-state index is 13.6. The Morgan fingerprint density at radius 1 is 1.23 bits per heavy atom. The predicted molar refractivity (Wildman–Crippen MR) is 112 cm³/mol. The number of benzene rings is 2. The molecule has 0 bridgehead atoms. The molecule has 1 heterocycles. The Morgan fingerprint density at radius 3 is 2.57 bits per heavy atom. The number of aryl methyl sites for hydroxylation is 1. The van der Waals surface area contributed by atoms with Crippen molar-refractivity contribution in [1.82, 2.24) is 0 Å². The van der Waals surface area contributed by atoms with Crippen LogP contribution in [0.1, 0.15) is 35.3 Å². The Kier molecular flexibility index (Phi) is 5.85. The molecule has 2 unspecified atom stereocenters. The first-order chi connectivity index (χ1) is 14.0. The molecule has 7 nitrogen and oxygen atoms in total. The summed E-state index contributed by atoms with van der Waals surface area (Å²) in [4.78, 5) is 24.8. The number of fused-ring (bicyclic) bond motifs is 1. The van der Waals surface area contributed by atoms with Gasteiger partial charge < -0.3 is 10.1 Å². The molecule has 0 aromatic heterocycles.